The molecule has 0 radical (unpaired) electrons. The van der Waals surface area contributed by atoms with Crippen LogP contribution in [0.15, 0.2) is 12.4 Å². The standard InChI is InChI=1S/C11H15N3/c1-9-13-5-6-14(9)8-11(7-12)10-3-2-4-10/h5-6,10-11H,2-4,8H2,1H3. The molecule has 0 spiro atoms. The Hall–Kier alpha value is -1.30. The Morgan fingerprint density at radius 2 is 2.50 bits per heavy atom. The van der Waals surface area contributed by atoms with Gasteiger partial charge in [0.2, 0.25) is 0 Å². The van der Waals surface area contributed by atoms with Crippen molar-refractivity contribution in [3.05, 3.63) is 18.2 Å². The van der Waals surface area contributed by atoms with E-state index in [1.54, 1.807) is 6.20 Å². The summed E-state index contributed by atoms with van der Waals surface area (Å²) in [5, 5.41) is 9.07. The minimum atomic E-state index is 0.177. The van der Waals surface area contributed by atoms with Crippen molar-refractivity contribution < 1.29 is 0 Å². The fraction of sp³-hybridized carbons (Fsp3) is 0.636. The third kappa shape index (κ3) is 1.65. The van der Waals surface area contributed by atoms with Crippen molar-refractivity contribution in [3.63, 3.8) is 0 Å². The number of hydrogen-bond donors (Lipinski definition) is 0. The molecule has 0 N–H and O–H groups in total. The van der Waals surface area contributed by atoms with Crippen molar-refractivity contribution in [1.29, 1.82) is 5.26 Å². The SMILES string of the molecule is Cc1nccn1CC(C#N)C1CCC1. The maximum Gasteiger partial charge on any atom is 0.105 e. The van der Waals surface area contributed by atoms with Crippen LogP contribution in [0.2, 0.25) is 0 Å². The molecule has 1 aromatic heterocycles. The molecule has 0 aliphatic heterocycles. The number of aromatic nitrogens is 2. The summed E-state index contributed by atoms with van der Waals surface area (Å²) in [7, 11) is 0. The first-order valence-corrected chi connectivity index (χ1v) is 5.18. The zero-order valence-electron chi connectivity index (χ0n) is 8.48. The Balaban J connectivity index is 2.01. The summed E-state index contributed by atoms with van der Waals surface area (Å²) in [6, 6.07) is 2.42. The second-order valence-corrected chi connectivity index (χ2v) is 4.05. The molecule has 1 aliphatic carbocycles. The lowest BCUT2D eigenvalue weighted by atomic mass is 9.76. The molecule has 0 saturated heterocycles. The van der Waals surface area contributed by atoms with Crippen molar-refractivity contribution in [2.75, 3.05) is 0 Å². The zero-order chi connectivity index (χ0) is 9.97. The van der Waals surface area contributed by atoms with E-state index in [-0.39, 0.29) is 5.92 Å². The number of imidazole rings is 1. The van der Waals surface area contributed by atoms with Gasteiger partial charge in [-0.2, -0.15) is 5.26 Å². The van der Waals surface area contributed by atoms with Crippen LogP contribution in [-0.4, -0.2) is 9.55 Å². The molecule has 0 aromatic carbocycles. The van der Waals surface area contributed by atoms with E-state index in [0.29, 0.717) is 5.92 Å². The molecule has 1 aromatic rings. The average molecular weight is 189 g/mol. The van der Waals surface area contributed by atoms with E-state index < -0.39 is 0 Å². The Kier molecular flexibility index (Phi) is 2.53. The molecular formula is C11H15N3. The third-order valence-corrected chi connectivity index (χ3v) is 3.20. The molecule has 3 nitrogen and oxygen atoms in total. The van der Waals surface area contributed by atoms with Gasteiger partial charge in [0.15, 0.2) is 0 Å². The molecule has 1 fully saturated rings. The van der Waals surface area contributed by atoms with E-state index in [9.17, 15) is 0 Å². The minimum Gasteiger partial charge on any atom is -0.334 e. The fourth-order valence-corrected chi connectivity index (χ4v) is 1.95. The van der Waals surface area contributed by atoms with Crippen LogP contribution in [0, 0.1) is 30.1 Å². The van der Waals surface area contributed by atoms with Gasteiger partial charge >= 0.3 is 0 Å². The summed E-state index contributed by atoms with van der Waals surface area (Å²) in [4.78, 5) is 4.16. The first-order valence-electron chi connectivity index (χ1n) is 5.18. The summed E-state index contributed by atoms with van der Waals surface area (Å²) in [5.41, 5.74) is 0. The van der Waals surface area contributed by atoms with Gasteiger partial charge in [0.05, 0.1) is 12.0 Å². The predicted molar refractivity (Wildman–Crippen MR) is 53.4 cm³/mol. The fourth-order valence-electron chi connectivity index (χ4n) is 1.95. The van der Waals surface area contributed by atoms with Crippen molar-refractivity contribution in [3.8, 4) is 6.07 Å². The molecule has 1 unspecified atom stereocenters. The summed E-state index contributed by atoms with van der Waals surface area (Å²) < 4.78 is 2.08. The van der Waals surface area contributed by atoms with Crippen LogP contribution in [0.1, 0.15) is 25.1 Å². The first-order chi connectivity index (χ1) is 6.81. The van der Waals surface area contributed by atoms with Gasteiger partial charge in [-0.1, -0.05) is 6.42 Å². The highest BCUT2D eigenvalue weighted by atomic mass is 15.1. The number of rotatable bonds is 3. The molecule has 0 bridgehead atoms. The summed E-state index contributed by atoms with van der Waals surface area (Å²) in [6.07, 6.45) is 7.51. The lowest BCUT2D eigenvalue weighted by Crippen LogP contribution is -2.24. The number of hydrogen-bond acceptors (Lipinski definition) is 2. The Labute approximate surface area is 84.4 Å². The zero-order valence-corrected chi connectivity index (χ0v) is 8.48. The third-order valence-electron chi connectivity index (χ3n) is 3.20. The van der Waals surface area contributed by atoms with Gasteiger partial charge in [-0.15, -0.1) is 0 Å². The topological polar surface area (TPSA) is 41.6 Å². The number of nitrogens with zero attached hydrogens (tertiary/aromatic N) is 3. The average Bonchev–Trinajstić information content (AvgIpc) is 2.47. The van der Waals surface area contributed by atoms with Gasteiger partial charge in [-0.3, -0.25) is 0 Å². The predicted octanol–water partition coefficient (Wildman–Crippen LogP) is 2.13. The van der Waals surface area contributed by atoms with Gasteiger partial charge in [0.1, 0.15) is 5.82 Å². The molecular weight excluding hydrogens is 174 g/mol. The van der Waals surface area contributed by atoms with Gasteiger partial charge < -0.3 is 4.57 Å². The van der Waals surface area contributed by atoms with Crippen LogP contribution >= 0.6 is 0 Å². The summed E-state index contributed by atoms with van der Waals surface area (Å²) in [5.74, 6) is 1.81. The maximum absolute atomic E-state index is 9.07. The lowest BCUT2D eigenvalue weighted by molar-refractivity contribution is 0.227. The van der Waals surface area contributed by atoms with E-state index in [2.05, 4.69) is 15.6 Å². The largest absolute Gasteiger partial charge is 0.334 e. The van der Waals surface area contributed by atoms with E-state index in [1.165, 1.54) is 19.3 Å². The molecule has 1 atom stereocenters. The molecule has 2 rings (SSSR count). The molecule has 74 valence electrons. The molecule has 1 saturated carbocycles. The van der Waals surface area contributed by atoms with Crippen LogP contribution in [0.25, 0.3) is 0 Å². The summed E-state index contributed by atoms with van der Waals surface area (Å²) >= 11 is 0. The highest BCUT2D eigenvalue weighted by molar-refractivity contribution is 4.96. The summed E-state index contributed by atoms with van der Waals surface area (Å²) in [6.45, 7) is 2.79. The van der Waals surface area contributed by atoms with Crippen LogP contribution in [0.3, 0.4) is 0 Å². The molecule has 0 amide bonds. The maximum atomic E-state index is 9.07. The van der Waals surface area contributed by atoms with Gasteiger partial charge in [0.25, 0.3) is 0 Å². The highest BCUT2D eigenvalue weighted by Crippen LogP contribution is 2.34. The Morgan fingerprint density at radius 3 is 2.93 bits per heavy atom. The van der Waals surface area contributed by atoms with E-state index in [4.69, 9.17) is 5.26 Å². The second-order valence-electron chi connectivity index (χ2n) is 4.05. The minimum absolute atomic E-state index is 0.177. The van der Waals surface area contributed by atoms with Crippen LogP contribution in [0.4, 0.5) is 0 Å². The first kappa shape index (κ1) is 9.26. The van der Waals surface area contributed by atoms with Gasteiger partial charge in [-0.25, -0.2) is 4.98 Å². The van der Waals surface area contributed by atoms with Crippen LogP contribution in [0.5, 0.6) is 0 Å². The highest BCUT2D eigenvalue weighted by Gasteiger charge is 2.27. The molecule has 3 heteroatoms. The van der Waals surface area contributed by atoms with Crippen molar-refractivity contribution >= 4 is 0 Å². The number of aryl methyl sites for hydroxylation is 1. The van der Waals surface area contributed by atoms with E-state index in [1.807, 2.05) is 13.1 Å². The van der Waals surface area contributed by atoms with Gasteiger partial charge in [0, 0.05) is 18.9 Å². The normalized spacial score (nSPS) is 18.6. The monoisotopic (exact) mass is 189 g/mol. The Morgan fingerprint density at radius 1 is 1.71 bits per heavy atom. The van der Waals surface area contributed by atoms with Gasteiger partial charge in [-0.05, 0) is 25.7 Å². The Bertz CT molecular complexity index is 344. The molecule has 1 aliphatic rings. The quantitative estimate of drug-likeness (QED) is 0.731. The second kappa shape index (κ2) is 3.83. The van der Waals surface area contributed by atoms with Crippen molar-refractivity contribution in [2.45, 2.75) is 32.7 Å². The lowest BCUT2D eigenvalue weighted by Gasteiger charge is -2.29. The van der Waals surface area contributed by atoms with E-state index >= 15 is 0 Å². The molecule has 14 heavy (non-hydrogen) atoms. The van der Waals surface area contributed by atoms with Crippen LogP contribution < -0.4 is 0 Å². The molecule has 1 heterocycles. The van der Waals surface area contributed by atoms with Crippen molar-refractivity contribution in [1.82, 2.24) is 9.55 Å². The van der Waals surface area contributed by atoms with Crippen LogP contribution in [-0.2, 0) is 6.54 Å². The number of nitriles is 1. The van der Waals surface area contributed by atoms with E-state index in [0.717, 1.165) is 12.4 Å². The van der Waals surface area contributed by atoms with Crippen molar-refractivity contribution in [2.24, 2.45) is 11.8 Å². The smallest absolute Gasteiger partial charge is 0.105 e.